The van der Waals surface area contributed by atoms with E-state index in [1.165, 1.54) is 19.2 Å². The zero-order valence-electron chi connectivity index (χ0n) is 12.9. The van der Waals surface area contributed by atoms with Crippen molar-refractivity contribution in [2.24, 2.45) is 0 Å². The highest BCUT2D eigenvalue weighted by atomic mass is 32.2. The lowest BCUT2D eigenvalue weighted by Gasteiger charge is -2.08. The second-order valence-electron chi connectivity index (χ2n) is 4.82. The predicted molar refractivity (Wildman–Crippen MR) is 87.8 cm³/mol. The Labute approximate surface area is 135 Å². The number of benzene rings is 2. The smallest absolute Gasteiger partial charge is 0.255 e. The average molecular weight is 334 g/mol. The van der Waals surface area contributed by atoms with Crippen molar-refractivity contribution in [3.8, 4) is 0 Å². The second kappa shape index (κ2) is 7.36. The molecule has 0 heterocycles. The van der Waals surface area contributed by atoms with Gasteiger partial charge in [0.1, 0.15) is 0 Å². The molecule has 7 heteroatoms. The van der Waals surface area contributed by atoms with Crippen LogP contribution in [-0.4, -0.2) is 28.5 Å². The van der Waals surface area contributed by atoms with Crippen molar-refractivity contribution in [3.63, 3.8) is 0 Å². The van der Waals surface area contributed by atoms with Crippen LogP contribution in [0.4, 0.5) is 5.69 Å². The molecule has 122 valence electrons. The third kappa shape index (κ3) is 4.38. The van der Waals surface area contributed by atoms with Crippen molar-refractivity contribution >= 4 is 21.6 Å². The maximum atomic E-state index is 12.2. The molecule has 0 fully saturated rings. The predicted octanol–water partition coefficient (Wildman–Crippen LogP) is 1.99. The molecule has 2 aromatic rings. The molecule has 0 bridgehead atoms. The van der Waals surface area contributed by atoms with E-state index in [1.807, 2.05) is 6.07 Å². The molecule has 6 nitrogen and oxygen atoms in total. The van der Waals surface area contributed by atoms with Gasteiger partial charge in [-0.3, -0.25) is 4.79 Å². The first-order chi connectivity index (χ1) is 11.0. The van der Waals surface area contributed by atoms with Crippen molar-refractivity contribution < 1.29 is 17.9 Å². The second-order valence-corrected chi connectivity index (χ2v) is 6.71. The van der Waals surface area contributed by atoms with Crippen molar-refractivity contribution in [3.05, 3.63) is 59.7 Å². The number of anilines is 1. The van der Waals surface area contributed by atoms with E-state index in [9.17, 15) is 13.2 Å². The van der Waals surface area contributed by atoms with Gasteiger partial charge in [-0.1, -0.05) is 12.1 Å². The number of sulfonamides is 1. The summed E-state index contributed by atoms with van der Waals surface area (Å²) in [4.78, 5) is 12.4. The Morgan fingerprint density at radius 1 is 1.13 bits per heavy atom. The SMILES string of the molecule is CNS(=O)(=O)c1ccc(NC(=O)c2cccc(COC)c2)cc1. The maximum absolute atomic E-state index is 12.2. The maximum Gasteiger partial charge on any atom is 0.255 e. The quantitative estimate of drug-likeness (QED) is 0.846. The summed E-state index contributed by atoms with van der Waals surface area (Å²) in [6.07, 6.45) is 0. The third-order valence-corrected chi connectivity index (χ3v) is 4.62. The van der Waals surface area contributed by atoms with Gasteiger partial charge >= 0.3 is 0 Å². The minimum absolute atomic E-state index is 0.139. The Hall–Kier alpha value is -2.22. The Kier molecular flexibility index (Phi) is 5.49. The molecule has 23 heavy (non-hydrogen) atoms. The van der Waals surface area contributed by atoms with Gasteiger partial charge in [-0.15, -0.1) is 0 Å². The average Bonchev–Trinajstić information content (AvgIpc) is 2.56. The summed E-state index contributed by atoms with van der Waals surface area (Å²) in [5, 5.41) is 2.73. The third-order valence-electron chi connectivity index (χ3n) is 3.19. The largest absolute Gasteiger partial charge is 0.380 e. The van der Waals surface area contributed by atoms with E-state index >= 15 is 0 Å². The van der Waals surface area contributed by atoms with Crippen LogP contribution in [-0.2, 0) is 21.4 Å². The van der Waals surface area contributed by atoms with Crippen molar-refractivity contribution in [2.75, 3.05) is 19.5 Å². The molecule has 0 saturated heterocycles. The molecule has 2 N–H and O–H groups in total. The van der Waals surface area contributed by atoms with Gasteiger partial charge in [-0.2, -0.15) is 0 Å². The normalized spacial score (nSPS) is 11.2. The van der Waals surface area contributed by atoms with Gasteiger partial charge in [-0.05, 0) is 49.0 Å². The van der Waals surface area contributed by atoms with Crippen LogP contribution in [0.25, 0.3) is 0 Å². The summed E-state index contributed by atoms with van der Waals surface area (Å²) in [6, 6.07) is 13.1. The first-order valence-electron chi connectivity index (χ1n) is 6.89. The van der Waals surface area contributed by atoms with Crippen LogP contribution in [0.3, 0.4) is 0 Å². The monoisotopic (exact) mass is 334 g/mol. The molecule has 0 unspecified atom stereocenters. The molecule has 0 aromatic heterocycles. The zero-order chi connectivity index (χ0) is 16.9. The van der Waals surface area contributed by atoms with Gasteiger partial charge in [0.2, 0.25) is 10.0 Å². The van der Waals surface area contributed by atoms with Crippen LogP contribution in [0.1, 0.15) is 15.9 Å². The van der Waals surface area contributed by atoms with Crippen LogP contribution in [0.15, 0.2) is 53.4 Å². The number of nitrogens with one attached hydrogen (secondary N) is 2. The highest BCUT2D eigenvalue weighted by Gasteiger charge is 2.11. The Morgan fingerprint density at radius 3 is 2.43 bits per heavy atom. The Morgan fingerprint density at radius 2 is 1.83 bits per heavy atom. The van der Waals surface area contributed by atoms with Crippen LogP contribution in [0, 0.1) is 0 Å². The van der Waals surface area contributed by atoms with E-state index in [2.05, 4.69) is 10.0 Å². The van der Waals surface area contributed by atoms with E-state index in [0.29, 0.717) is 17.9 Å². The topological polar surface area (TPSA) is 84.5 Å². The summed E-state index contributed by atoms with van der Waals surface area (Å²) in [6.45, 7) is 0.428. The minimum atomic E-state index is -3.48. The van der Waals surface area contributed by atoms with Crippen LogP contribution in [0.5, 0.6) is 0 Å². The first-order valence-corrected chi connectivity index (χ1v) is 8.37. The number of rotatable bonds is 6. The summed E-state index contributed by atoms with van der Waals surface area (Å²) in [5.41, 5.74) is 1.92. The van der Waals surface area contributed by atoms with Crippen LogP contribution >= 0.6 is 0 Å². The molecule has 0 aliphatic rings. The van der Waals surface area contributed by atoms with Crippen molar-refractivity contribution in [1.29, 1.82) is 0 Å². The number of ether oxygens (including phenoxy) is 1. The number of hydrogen-bond acceptors (Lipinski definition) is 4. The summed E-state index contributed by atoms with van der Waals surface area (Å²) in [5.74, 6) is -0.271. The summed E-state index contributed by atoms with van der Waals surface area (Å²) >= 11 is 0. The fourth-order valence-corrected chi connectivity index (χ4v) is 2.74. The molecule has 0 radical (unpaired) electrons. The molecule has 2 rings (SSSR count). The zero-order valence-corrected chi connectivity index (χ0v) is 13.7. The molecule has 0 saturated carbocycles. The lowest BCUT2D eigenvalue weighted by Crippen LogP contribution is -2.18. The highest BCUT2D eigenvalue weighted by molar-refractivity contribution is 7.89. The molecule has 2 aromatic carbocycles. The Bertz CT molecular complexity index is 786. The molecule has 0 atom stereocenters. The summed E-state index contributed by atoms with van der Waals surface area (Å²) < 4.78 is 30.6. The molecule has 0 aliphatic carbocycles. The van der Waals surface area contributed by atoms with Gasteiger partial charge < -0.3 is 10.1 Å². The van der Waals surface area contributed by atoms with Gasteiger partial charge in [0.15, 0.2) is 0 Å². The lowest BCUT2D eigenvalue weighted by atomic mass is 10.1. The van der Waals surface area contributed by atoms with Gasteiger partial charge in [0, 0.05) is 18.4 Å². The molecule has 0 aliphatic heterocycles. The lowest BCUT2D eigenvalue weighted by molar-refractivity contribution is 0.102. The first kappa shape index (κ1) is 17.1. The van der Waals surface area contributed by atoms with Gasteiger partial charge in [0.05, 0.1) is 11.5 Å². The molecular formula is C16H18N2O4S. The van der Waals surface area contributed by atoms with E-state index < -0.39 is 10.0 Å². The summed E-state index contributed by atoms with van der Waals surface area (Å²) in [7, 11) is -0.548. The molecular weight excluding hydrogens is 316 g/mol. The minimum Gasteiger partial charge on any atom is -0.380 e. The molecule has 0 spiro atoms. The van der Waals surface area contributed by atoms with Crippen LogP contribution < -0.4 is 10.0 Å². The number of amides is 1. The molecule has 1 amide bonds. The van der Waals surface area contributed by atoms with E-state index in [4.69, 9.17) is 4.74 Å². The number of carbonyl (C=O) groups is 1. The number of methoxy groups -OCH3 is 1. The van der Waals surface area contributed by atoms with Crippen molar-refractivity contribution in [1.82, 2.24) is 4.72 Å². The highest BCUT2D eigenvalue weighted by Crippen LogP contribution is 2.15. The standard InChI is InChI=1S/C16H18N2O4S/c1-17-23(20,21)15-8-6-14(7-9-15)18-16(19)13-5-3-4-12(10-13)11-22-2/h3-10,17H,11H2,1-2H3,(H,18,19). The van der Waals surface area contributed by atoms with Gasteiger partial charge in [-0.25, -0.2) is 13.1 Å². The number of hydrogen-bond donors (Lipinski definition) is 2. The van der Waals surface area contributed by atoms with E-state index in [1.54, 1.807) is 37.4 Å². The fourth-order valence-electron chi connectivity index (χ4n) is 2.01. The number of carbonyl (C=O) groups excluding carboxylic acids is 1. The van der Waals surface area contributed by atoms with E-state index in [-0.39, 0.29) is 10.8 Å². The van der Waals surface area contributed by atoms with Crippen LogP contribution in [0.2, 0.25) is 0 Å². The van der Waals surface area contributed by atoms with Gasteiger partial charge in [0.25, 0.3) is 5.91 Å². The Balaban J connectivity index is 2.13. The van der Waals surface area contributed by atoms with E-state index in [0.717, 1.165) is 5.56 Å². The van der Waals surface area contributed by atoms with Crippen molar-refractivity contribution in [2.45, 2.75) is 11.5 Å². The fraction of sp³-hybridized carbons (Fsp3) is 0.188.